The highest BCUT2D eigenvalue weighted by Gasteiger charge is 2.50. The standard InChI is InChI=1S/C15H24O4/c1-9-3-4-10-11(14(9)18)5-7-15(2,19)13(10)12(17)6-8-16/h5,7,9-11,13-14,16,18-19H,3-4,6,8H2,1-2H3/t9-,10-,11+,13-,14+,15-/m0/s1. The molecule has 19 heavy (non-hydrogen) atoms. The Balaban J connectivity index is 2.30. The third kappa shape index (κ3) is 2.62. The number of ketones is 1. The Morgan fingerprint density at radius 2 is 2.11 bits per heavy atom. The summed E-state index contributed by atoms with van der Waals surface area (Å²) in [4.78, 5) is 12.2. The molecule has 0 saturated heterocycles. The first-order valence-electron chi connectivity index (χ1n) is 7.12. The summed E-state index contributed by atoms with van der Waals surface area (Å²) in [6.45, 7) is 3.47. The van der Waals surface area contributed by atoms with Gasteiger partial charge in [-0.3, -0.25) is 4.79 Å². The van der Waals surface area contributed by atoms with Gasteiger partial charge in [-0.2, -0.15) is 0 Å². The Morgan fingerprint density at radius 1 is 1.42 bits per heavy atom. The zero-order valence-electron chi connectivity index (χ0n) is 11.6. The topological polar surface area (TPSA) is 77.8 Å². The van der Waals surface area contributed by atoms with Crippen molar-refractivity contribution in [3.05, 3.63) is 12.2 Å². The molecule has 1 saturated carbocycles. The molecule has 2 rings (SSSR count). The molecule has 0 bridgehead atoms. The zero-order valence-corrected chi connectivity index (χ0v) is 11.6. The minimum Gasteiger partial charge on any atom is -0.396 e. The van der Waals surface area contributed by atoms with E-state index in [0.29, 0.717) is 0 Å². The maximum atomic E-state index is 12.2. The van der Waals surface area contributed by atoms with Gasteiger partial charge in [-0.1, -0.05) is 19.1 Å². The minimum atomic E-state index is -1.17. The van der Waals surface area contributed by atoms with Crippen molar-refractivity contribution in [3.63, 3.8) is 0 Å². The van der Waals surface area contributed by atoms with Gasteiger partial charge in [-0.05, 0) is 31.6 Å². The first kappa shape index (κ1) is 14.7. The van der Waals surface area contributed by atoms with Gasteiger partial charge in [0, 0.05) is 18.9 Å². The van der Waals surface area contributed by atoms with Crippen molar-refractivity contribution in [3.8, 4) is 0 Å². The molecule has 0 aromatic rings. The van der Waals surface area contributed by atoms with Crippen LogP contribution in [0.1, 0.15) is 33.1 Å². The van der Waals surface area contributed by atoms with Crippen molar-refractivity contribution >= 4 is 5.78 Å². The summed E-state index contributed by atoms with van der Waals surface area (Å²) in [6.07, 6.45) is 4.85. The number of Topliss-reactive ketones (excluding diaryl/α,β-unsaturated/α-hetero) is 1. The number of hydrogen-bond acceptors (Lipinski definition) is 4. The van der Waals surface area contributed by atoms with Crippen molar-refractivity contribution < 1.29 is 20.1 Å². The molecule has 3 N–H and O–H groups in total. The molecule has 1 fully saturated rings. The van der Waals surface area contributed by atoms with Crippen LogP contribution in [0.25, 0.3) is 0 Å². The Labute approximate surface area is 114 Å². The fourth-order valence-corrected chi connectivity index (χ4v) is 3.77. The normalized spacial score (nSPS) is 45.8. The van der Waals surface area contributed by atoms with E-state index in [9.17, 15) is 15.0 Å². The summed E-state index contributed by atoms with van der Waals surface area (Å²) in [5.41, 5.74) is -1.17. The third-order valence-corrected chi connectivity index (χ3v) is 4.85. The molecule has 4 heteroatoms. The highest BCUT2D eigenvalue weighted by atomic mass is 16.3. The van der Waals surface area contributed by atoms with Crippen molar-refractivity contribution in [1.82, 2.24) is 0 Å². The number of fused-ring (bicyclic) bond motifs is 1. The lowest BCUT2D eigenvalue weighted by Gasteiger charge is -2.48. The van der Waals surface area contributed by atoms with Gasteiger partial charge in [0.1, 0.15) is 5.78 Å². The monoisotopic (exact) mass is 268 g/mol. The maximum Gasteiger partial charge on any atom is 0.141 e. The summed E-state index contributed by atoms with van der Waals surface area (Å²) in [5.74, 6) is -0.477. The third-order valence-electron chi connectivity index (χ3n) is 4.85. The molecule has 108 valence electrons. The molecular formula is C15H24O4. The number of hydrogen-bond donors (Lipinski definition) is 3. The van der Waals surface area contributed by atoms with E-state index in [4.69, 9.17) is 5.11 Å². The van der Waals surface area contributed by atoms with Crippen molar-refractivity contribution in [2.24, 2.45) is 23.7 Å². The van der Waals surface area contributed by atoms with Crippen LogP contribution in [0.2, 0.25) is 0 Å². The Bertz CT molecular complexity index is 374. The van der Waals surface area contributed by atoms with Crippen LogP contribution in [0.4, 0.5) is 0 Å². The molecule has 4 nitrogen and oxygen atoms in total. The first-order chi connectivity index (χ1) is 8.88. The summed E-state index contributed by atoms with van der Waals surface area (Å²) >= 11 is 0. The smallest absolute Gasteiger partial charge is 0.141 e. The quantitative estimate of drug-likeness (QED) is 0.665. The van der Waals surface area contributed by atoms with Gasteiger partial charge in [-0.15, -0.1) is 0 Å². The molecular weight excluding hydrogens is 244 g/mol. The van der Waals surface area contributed by atoms with Gasteiger partial charge >= 0.3 is 0 Å². The number of aliphatic hydroxyl groups is 3. The maximum absolute atomic E-state index is 12.2. The van der Waals surface area contributed by atoms with E-state index in [1.54, 1.807) is 13.0 Å². The van der Waals surface area contributed by atoms with Crippen molar-refractivity contribution in [2.75, 3.05) is 6.61 Å². The van der Waals surface area contributed by atoms with Gasteiger partial charge in [0.15, 0.2) is 0 Å². The number of carbonyl (C=O) groups excluding carboxylic acids is 1. The van der Waals surface area contributed by atoms with E-state index in [1.165, 1.54) is 0 Å². The van der Waals surface area contributed by atoms with Crippen molar-refractivity contribution in [1.29, 1.82) is 0 Å². The Kier molecular flexibility index (Phi) is 4.14. The first-order valence-corrected chi connectivity index (χ1v) is 7.12. The van der Waals surface area contributed by atoms with Gasteiger partial charge in [0.2, 0.25) is 0 Å². The molecule has 0 aliphatic heterocycles. The average molecular weight is 268 g/mol. The van der Waals surface area contributed by atoms with Crippen LogP contribution < -0.4 is 0 Å². The van der Waals surface area contributed by atoms with E-state index in [0.717, 1.165) is 12.8 Å². The van der Waals surface area contributed by atoms with Gasteiger partial charge < -0.3 is 15.3 Å². The summed E-state index contributed by atoms with van der Waals surface area (Å²) < 4.78 is 0. The molecule has 0 radical (unpaired) electrons. The average Bonchev–Trinajstić information content (AvgIpc) is 2.33. The minimum absolute atomic E-state index is 0.0229. The van der Waals surface area contributed by atoms with Crippen LogP contribution in [0.5, 0.6) is 0 Å². The number of aliphatic hydroxyl groups excluding tert-OH is 2. The van der Waals surface area contributed by atoms with Crippen LogP contribution in [0, 0.1) is 23.7 Å². The molecule has 6 atom stereocenters. The summed E-state index contributed by atoms with van der Waals surface area (Å²) in [5, 5.41) is 29.7. The van der Waals surface area contributed by atoms with Crippen LogP contribution in [0.3, 0.4) is 0 Å². The highest BCUT2D eigenvalue weighted by molar-refractivity contribution is 5.83. The van der Waals surface area contributed by atoms with Crippen LogP contribution in [0.15, 0.2) is 12.2 Å². The van der Waals surface area contributed by atoms with Crippen LogP contribution >= 0.6 is 0 Å². The fraction of sp³-hybridized carbons (Fsp3) is 0.800. The Morgan fingerprint density at radius 3 is 2.74 bits per heavy atom. The second-order valence-electron chi connectivity index (χ2n) is 6.29. The van der Waals surface area contributed by atoms with Gasteiger partial charge in [0.25, 0.3) is 0 Å². The predicted molar refractivity (Wildman–Crippen MR) is 71.3 cm³/mol. The molecule has 0 amide bonds. The Hall–Kier alpha value is -0.710. The molecule has 0 aromatic heterocycles. The molecule has 0 unspecified atom stereocenters. The van der Waals surface area contributed by atoms with E-state index in [-0.39, 0.29) is 36.6 Å². The zero-order chi connectivity index (χ0) is 14.2. The molecule has 0 spiro atoms. The lowest BCUT2D eigenvalue weighted by atomic mass is 9.59. The van der Waals surface area contributed by atoms with Crippen LogP contribution in [-0.2, 0) is 4.79 Å². The van der Waals surface area contributed by atoms with Gasteiger partial charge in [-0.25, -0.2) is 0 Å². The highest BCUT2D eigenvalue weighted by Crippen LogP contribution is 2.46. The molecule has 0 heterocycles. The largest absolute Gasteiger partial charge is 0.396 e. The van der Waals surface area contributed by atoms with E-state index in [2.05, 4.69) is 0 Å². The molecule has 2 aliphatic rings. The molecule has 2 aliphatic carbocycles. The van der Waals surface area contributed by atoms with E-state index in [1.807, 2.05) is 13.0 Å². The predicted octanol–water partition coefficient (Wildman–Crippen LogP) is 0.898. The summed E-state index contributed by atoms with van der Waals surface area (Å²) in [6, 6.07) is 0. The number of carbonyl (C=O) groups is 1. The van der Waals surface area contributed by atoms with Crippen LogP contribution in [-0.4, -0.2) is 39.4 Å². The lowest BCUT2D eigenvalue weighted by Crippen LogP contribution is -2.52. The van der Waals surface area contributed by atoms with Crippen molar-refractivity contribution in [2.45, 2.75) is 44.8 Å². The van der Waals surface area contributed by atoms with E-state index >= 15 is 0 Å². The second-order valence-corrected chi connectivity index (χ2v) is 6.29. The van der Waals surface area contributed by atoms with Gasteiger partial charge in [0.05, 0.1) is 17.6 Å². The summed E-state index contributed by atoms with van der Waals surface area (Å²) in [7, 11) is 0. The number of rotatable bonds is 3. The fourth-order valence-electron chi connectivity index (χ4n) is 3.77. The molecule has 0 aromatic carbocycles. The van der Waals surface area contributed by atoms with E-state index < -0.39 is 17.6 Å². The second kappa shape index (κ2) is 5.35. The lowest BCUT2D eigenvalue weighted by molar-refractivity contribution is -0.139. The SMILES string of the molecule is C[C@H]1CC[C@H]2[C@@H](C=C[C@](C)(O)[C@@H]2C(=O)CCO)[C@@H]1O.